The summed E-state index contributed by atoms with van der Waals surface area (Å²) in [7, 11) is 0. The molecule has 6 heteroatoms. The second-order valence-electron chi connectivity index (χ2n) is 2.81. The first-order chi connectivity index (χ1) is 7.08. The number of hydrogen-bond acceptors (Lipinski definition) is 2. The summed E-state index contributed by atoms with van der Waals surface area (Å²) in [4.78, 5) is 10.3. The lowest BCUT2D eigenvalue weighted by Gasteiger charge is -1.93. The molecule has 4 nitrogen and oxygen atoms in total. The van der Waals surface area contributed by atoms with Gasteiger partial charge in [-0.2, -0.15) is 0 Å². The summed E-state index contributed by atoms with van der Waals surface area (Å²) in [5, 5.41) is 11.0. The van der Waals surface area contributed by atoms with Gasteiger partial charge in [-0.3, -0.25) is 5.32 Å². The lowest BCUT2D eigenvalue weighted by atomic mass is 10.2. The summed E-state index contributed by atoms with van der Waals surface area (Å²) in [5.41, 5.74) is 0.0214. The van der Waals surface area contributed by atoms with E-state index >= 15 is 0 Å². The van der Waals surface area contributed by atoms with Gasteiger partial charge in [0.1, 0.15) is 0 Å². The van der Waals surface area contributed by atoms with Crippen molar-refractivity contribution in [3.8, 4) is 0 Å². The maximum Gasteiger partial charge on any atom is 0.411 e. The van der Waals surface area contributed by atoms with Crippen LogP contribution in [0.4, 0.5) is 15.1 Å². The quantitative estimate of drug-likeness (QED) is 0.837. The predicted molar refractivity (Wildman–Crippen MR) is 55.5 cm³/mol. The summed E-state index contributed by atoms with van der Waals surface area (Å²) in [6, 6.07) is 4.18. The lowest BCUT2D eigenvalue weighted by molar-refractivity contribution is 0.209. The number of amides is 1. The molecule has 78 valence electrons. The van der Waals surface area contributed by atoms with Crippen molar-refractivity contribution in [2.24, 2.45) is 0 Å². The van der Waals surface area contributed by atoms with Crippen LogP contribution in [0.5, 0.6) is 0 Å². The molecule has 15 heavy (non-hydrogen) atoms. The first-order valence-corrected chi connectivity index (χ1v) is 4.74. The predicted octanol–water partition coefficient (Wildman–Crippen LogP) is 3.42. The molecule has 0 saturated heterocycles. The SMILES string of the molecule is O=C(O)Nc1cc2c(Br)ccc(F)c2o1. The Morgan fingerprint density at radius 3 is 2.87 bits per heavy atom. The standard InChI is InChI=1S/C9H5BrFNO3/c10-5-1-2-6(11)8-4(5)3-7(15-8)12-9(13)14/h1-3,12H,(H,13,14). The van der Waals surface area contributed by atoms with E-state index in [0.717, 1.165) is 0 Å². The van der Waals surface area contributed by atoms with Crippen LogP contribution < -0.4 is 5.32 Å². The van der Waals surface area contributed by atoms with Gasteiger partial charge in [-0.05, 0) is 12.1 Å². The van der Waals surface area contributed by atoms with Gasteiger partial charge < -0.3 is 9.52 Å². The van der Waals surface area contributed by atoms with Gasteiger partial charge in [0.15, 0.2) is 11.4 Å². The Balaban J connectivity index is 2.59. The largest absolute Gasteiger partial charge is 0.465 e. The molecule has 0 aliphatic carbocycles. The van der Waals surface area contributed by atoms with Gasteiger partial charge in [0, 0.05) is 15.9 Å². The third-order valence-corrected chi connectivity index (χ3v) is 2.50. The molecule has 0 spiro atoms. The smallest absolute Gasteiger partial charge is 0.411 e. The summed E-state index contributed by atoms with van der Waals surface area (Å²) >= 11 is 3.21. The number of fused-ring (bicyclic) bond motifs is 1. The molecule has 0 fully saturated rings. The Kier molecular flexibility index (Phi) is 2.36. The summed E-state index contributed by atoms with van der Waals surface area (Å²) in [6.07, 6.45) is -1.26. The minimum Gasteiger partial charge on any atom is -0.465 e. The van der Waals surface area contributed by atoms with Crippen LogP contribution in [0.15, 0.2) is 27.1 Å². The Morgan fingerprint density at radius 2 is 2.27 bits per heavy atom. The fourth-order valence-electron chi connectivity index (χ4n) is 1.22. The van der Waals surface area contributed by atoms with Crippen molar-refractivity contribution in [1.29, 1.82) is 0 Å². The highest BCUT2D eigenvalue weighted by molar-refractivity contribution is 9.10. The van der Waals surface area contributed by atoms with E-state index in [0.29, 0.717) is 9.86 Å². The Bertz CT molecular complexity index is 498. The van der Waals surface area contributed by atoms with Crippen molar-refractivity contribution in [1.82, 2.24) is 0 Å². The number of benzene rings is 1. The third kappa shape index (κ3) is 1.80. The van der Waals surface area contributed by atoms with Crippen molar-refractivity contribution >= 4 is 38.9 Å². The van der Waals surface area contributed by atoms with Crippen LogP contribution in [0.1, 0.15) is 0 Å². The molecule has 2 aromatic rings. The van der Waals surface area contributed by atoms with E-state index in [1.165, 1.54) is 18.2 Å². The highest BCUT2D eigenvalue weighted by atomic mass is 79.9. The molecule has 0 radical (unpaired) electrons. The van der Waals surface area contributed by atoms with Gasteiger partial charge in [-0.15, -0.1) is 0 Å². The molecule has 1 aromatic carbocycles. The van der Waals surface area contributed by atoms with Crippen molar-refractivity contribution < 1.29 is 18.7 Å². The molecule has 0 unspecified atom stereocenters. The number of halogens is 2. The zero-order valence-corrected chi connectivity index (χ0v) is 8.84. The number of rotatable bonds is 1. The molecule has 1 aromatic heterocycles. The van der Waals surface area contributed by atoms with Crippen LogP contribution in [-0.2, 0) is 0 Å². The Hall–Kier alpha value is -1.56. The molecule has 2 rings (SSSR count). The van der Waals surface area contributed by atoms with Crippen molar-refractivity contribution in [2.45, 2.75) is 0 Å². The van der Waals surface area contributed by atoms with Gasteiger partial charge >= 0.3 is 6.09 Å². The van der Waals surface area contributed by atoms with Crippen LogP contribution in [0.3, 0.4) is 0 Å². The minimum absolute atomic E-state index is 0.0108. The van der Waals surface area contributed by atoms with E-state index in [-0.39, 0.29) is 11.5 Å². The molecule has 0 saturated carbocycles. The summed E-state index contributed by atoms with van der Waals surface area (Å²) in [6.45, 7) is 0. The highest BCUT2D eigenvalue weighted by Gasteiger charge is 2.12. The number of carboxylic acid groups (broad SMARTS) is 1. The van der Waals surface area contributed by atoms with Crippen LogP contribution >= 0.6 is 15.9 Å². The second-order valence-corrected chi connectivity index (χ2v) is 3.67. The average molecular weight is 274 g/mol. The van der Waals surface area contributed by atoms with Crippen LogP contribution in [0.2, 0.25) is 0 Å². The van der Waals surface area contributed by atoms with Gasteiger partial charge in [0.25, 0.3) is 0 Å². The van der Waals surface area contributed by atoms with E-state index in [1.807, 2.05) is 5.32 Å². The highest BCUT2D eigenvalue weighted by Crippen LogP contribution is 2.31. The minimum atomic E-state index is -1.26. The van der Waals surface area contributed by atoms with Crippen molar-refractivity contribution in [3.63, 3.8) is 0 Å². The summed E-state index contributed by atoms with van der Waals surface area (Å²) in [5.74, 6) is -0.546. The molecule has 2 N–H and O–H groups in total. The topological polar surface area (TPSA) is 62.5 Å². The Morgan fingerprint density at radius 1 is 1.53 bits per heavy atom. The zero-order chi connectivity index (χ0) is 11.0. The van der Waals surface area contributed by atoms with Gasteiger partial charge in [0.05, 0.1) is 0 Å². The lowest BCUT2D eigenvalue weighted by Crippen LogP contribution is -2.05. The number of carbonyl (C=O) groups is 1. The average Bonchev–Trinajstić information content (AvgIpc) is 2.55. The number of nitrogens with one attached hydrogen (secondary N) is 1. The fraction of sp³-hybridized carbons (Fsp3) is 0. The van der Waals surface area contributed by atoms with Crippen molar-refractivity contribution in [3.05, 3.63) is 28.5 Å². The monoisotopic (exact) mass is 273 g/mol. The van der Waals surface area contributed by atoms with Gasteiger partial charge in [0.2, 0.25) is 5.88 Å². The van der Waals surface area contributed by atoms with Crippen LogP contribution in [-0.4, -0.2) is 11.2 Å². The number of hydrogen-bond donors (Lipinski definition) is 2. The van der Waals surface area contributed by atoms with Crippen molar-refractivity contribution in [2.75, 3.05) is 5.32 Å². The molecule has 0 bridgehead atoms. The Labute approximate surface area is 91.8 Å². The molecule has 1 heterocycles. The van der Waals surface area contributed by atoms with E-state index in [2.05, 4.69) is 15.9 Å². The first kappa shape index (κ1) is 9.97. The molecule has 0 atom stereocenters. The normalized spacial score (nSPS) is 10.5. The molecule has 0 aliphatic rings. The number of anilines is 1. The fourth-order valence-corrected chi connectivity index (χ4v) is 1.65. The molecular formula is C9H5BrFNO3. The molecular weight excluding hydrogens is 269 g/mol. The van der Waals surface area contributed by atoms with E-state index < -0.39 is 11.9 Å². The maximum absolute atomic E-state index is 13.2. The third-order valence-electron chi connectivity index (χ3n) is 1.81. The zero-order valence-electron chi connectivity index (χ0n) is 7.25. The summed E-state index contributed by atoms with van der Waals surface area (Å²) < 4.78 is 18.9. The van der Waals surface area contributed by atoms with E-state index in [1.54, 1.807) is 0 Å². The van der Waals surface area contributed by atoms with Crippen LogP contribution in [0.25, 0.3) is 11.0 Å². The molecule has 1 amide bonds. The van der Waals surface area contributed by atoms with Gasteiger partial charge in [-0.1, -0.05) is 15.9 Å². The number of furan rings is 1. The van der Waals surface area contributed by atoms with Crippen LogP contribution in [0, 0.1) is 5.82 Å². The van der Waals surface area contributed by atoms with E-state index in [9.17, 15) is 9.18 Å². The van der Waals surface area contributed by atoms with E-state index in [4.69, 9.17) is 9.52 Å². The maximum atomic E-state index is 13.2. The molecule has 0 aliphatic heterocycles. The van der Waals surface area contributed by atoms with Gasteiger partial charge in [-0.25, -0.2) is 9.18 Å². The first-order valence-electron chi connectivity index (χ1n) is 3.95. The second kappa shape index (κ2) is 3.54.